The SMILES string of the molecule is CCc1cc(C(=O)CSC(C)C)ccc1OC. The molecule has 0 amide bonds. The van der Waals surface area contributed by atoms with E-state index in [1.165, 1.54) is 0 Å². The number of methoxy groups -OCH3 is 1. The molecule has 0 saturated heterocycles. The highest BCUT2D eigenvalue weighted by Gasteiger charge is 2.10. The number of rotatable bonds is 6. The molecule has 0 bridgehead atoms. The van der Waals surface area contributed by atoms with Crippen LogP contribution in [0.15, 0.2) is 18.2 Å². The van der Waals surface area contributed by atoms with Crippen LogP contribution < -0.4 is 4.74 Å². The molecule has 0 heterocycles. The predicted octanol–water partition coefficient (Wildman–Crippen LogP) is 3.58. The number of thioether (sulfide) groups is 1. The van der Waals surface area contributed by atoms with Crippen molar-refractivity contribution in [2.75, 3.05) is 12.9 Å². The molecule has 0 radical (unpaired) electrons. The summed E-state index contributed by atoms with van der Waals surface area (Å²) in [5.41, 5.74) is 1.88. The number of ether oxygens (including phenoxy) is 1. The van der Waals surface area contributed by atoms with Crippen molar-refractivity contribution in [1.82, 2.24) is 0 Å². The minimum Gasteiger partial charge on any atom is -0.496 e. The molecular weight excluding hydrogens is 232 g/mol. The summed E-state index contributed by atoms with van der Waals surface area (Å²) in [7, 11) is 1.66. The van der Waals surface area contributed by atoms with E-state index >= 15 is 0 Å². The lowest BCUT2D eigenvalue weighted by atomic mass is 10.1. The fourth-order valence-corrected chi connectivity index (χ4v) is 2.21. The quantitative estimate of drug-likeness (QED) is 0.724. The summed E-state index contributed by atoms with van der Waals surface area (Å²) in [6.45, 7) is 6.27. The van der Waals surface area contributed by atoms with Gasteiger partial charge >= 0.3 is 0 Å². The Morgan fingerprint density at radius 1 is 1.41 bits per heavy atom. The van der Waals surface area contributed by atoms with Crippen LogP contribution in [0.3, 0.4) is 0 Å². The highest BCUT2D eigenvalue weighted by Crippen LogP contribution is 2.21. The topological polar surface area (TPSA) is 26.3 Å². The van der Waals surface area contributed by atoms with E-state index in [2.05, 4.69) is 20.8 Å². The Morgan fingerprint density at radius 2 is 2.12 bits per heavy atom. The molecule has 0 N–H and O–H groups in total. The summed E-state index contributed by atoms with van der Waals surface area (Å²) in [6, 6.07) is 5.68. The normalized spacial score (nSPS) is 10.6. The molecule has 94 valence electrons. The first-order valence-electron chi connectivity index (χ1n) is 5.90. The number of aryl methyl sites for hydroxylation is 1. The maximum atomic E-state index is 12.0. The van der Waals surface area contributed by atoms with Crippen LogP contribution in [0.5, 0.6) is 5.75 Å². The third-order valence-electron chi connectivity index (χ3n) is 2.53. The zero-order valence-electron chi connectivity index (χ0n) is 10.9. The fourth-order valence-electron chi connectivity index (χ4n) is 1.55. The second-order valence-electron chi connectivity index (χ2n) is 4.16. The molecule has 0 saturated carbocycles. The molecule has 0 aliphatic heterocycles. The van der Waals surface area contributed by atoms with Gasteiger partial charge in [0.2, 0.25) is 0 Å². The Kier molecular flexibility index (Phi) is 5.56. The van der Waals surface area contributed by atoms with E-state index in [0.717, 1.165) is 23.3 Å². The van der Waals surface area contributed by atoms with E-state index in [4.69, 9.17) is 4.74 Å². The van der Waals surface area contributed by atoms with Crippen LogP contribution in [0, 0.1) is 0 Å². The predicted molar refractivity (Wildman–Crippen MR) is 74.3 cm³/mol. The second-order valence-corrected chi connectivity index (χ2v) is 5.73. The Morgan fingerprint density at radius 3 is 2.65 bits per heavy atom. The van der Waals surface area contributed by atoms with Crippen LogP contribution in [0.25, 0.3) is 0 Å². The summed E-state index contributed by atoms with van der Waals surface area (Å²) >= 11 is 1.68. The number of Topliss-reactive ketones (excluding diaryl/α,β-unsaturated/α-hetero) is 1. The van der Waals surface area contributed by atoms with Gasteiger partial charge in [0.15, 0.2) is 5.78 Å². The van der Waals surface area contributed by atoms with E-state index < -0.39 is 0 Å². The monoisotopic (exact) mass is 252 g/mol. The molecule has 0 spiro atoms. The van der Waals surface area contributed by atoms with Crippen molar-refractivity contribution in [2.24, 2.45) is 0 Å². The Bertz CT molecular complexity index is 386. The lowest BCUT2D eigenvalue weighted by molar-refractivity contribution is 0.102. The lowest BCUT2D eigenvalue weighted by Gasteiger charge is -2.09. The molecule has 3 heteroatoms. The number of ketones is 1. The minimum absolute atomic E-state index is 0.195. The number of carbonyl (C=O) groups is 1. The molecule has 0 fully saturated rings. The van der Waals surface area contributed by atoms with Gasteiger partial charge in [-0.05, 0) is 35.4 Å². The van der Waals surface area contributed by atoms with Crippen molar-refractivity contribution >= 4 is 17.5 Å². The van der Waals surface area contributed by atoms with E-state index in [1.807, 2.05) is 18.2 Å². The highest BCUT2D eigenvalue weighted by atomic mass is 32.2. The van der Waals surface area contributed by atoms with Gasteiger partial charge in [0.1, 0.15) is 5.75 Å². The van der Waals surface area contributed by atoms with Crippen molar-refractivity contribution < 1.29 is 9.53 Å². The Balaban J connectivity index is 2.81. The summed E-state index contributed by atoms with van der Waals surface area (Å²) in [4.78, 5) is 12.0. The first kappa shape index (κ1) is 14.1. The summed E-state index contributed by atoms with van der Waals surface area (Å²) in [5, 5.41) is 0.489. The molecule has 1 aromatic carbocycles. The second kappa shape index (κ2) is 6.70. The van der Waals surface area contributed by atoms with Crippen LogP contribution in [0.1, 0.15) is 36.7 Å². The maximum Gasteiger partial charge on any atom is 0.172 e. The number of carbonyl (C=O) groups excluding carboxylic acids is 1. The Hall–Kier alpha value is -0.960. The van der Waals surface area contributed by atoms with Crippen LogP contribution in [-0.2, 0) is 6.42 Å². The molecule has 2 nitrogen and oxygen atoms in total. The van der Waals surface area contributed by atoms with Gasteiger partial charge in [-0.15, -0.1) is 0 Å². The van der Waals surface area contributed by atoms with Crippen molar-refractivity contribution in [3.05, 3.63) is 29.3 Å². The van der Waals surface area contributed by atoms with Crippen molar-refractivity contribution in [3.63, 3.8) is 0 Å². The fraction of sp³-hybridized carbons (Fsp3) is 0.500. The van der Waals surface area contributed by atoms with E-state index in [9.17, 15) is 4.79 Å². The summed E-state index contributed by atoms with van der Waals surface area (Å²) < 4.78 is 5.25. The number of hydrogen-bond donors (Lipinski definition) is 0. The number of hydrogen-bond acceptors (Lipinski definition) is 3. The average molecular weight is 252 g/mol. The standard InChI is InChI=1S/C14H20O2S/c1-5-11-8-12(6-7-14(11)16-4)13(15)9-17-10(2)3/h6-8,10H,5,9H2,1-4H3. The third kappa shape index (κ3) is 4.08. The maximum absolute atomic E-state index is 12.0. The first-order chi connectivity index (χ1) is 8.08. The van der Waals surface area contributed by atoms with Crippen molar-refractivity contribution in [3.8, 4) is 5.75 Å². The van der Waals surface area contributed by atoms with Gasteiger partial charge in [-0.2, -0.15) is 11.8 Å². The molecule has 0 aliphatic carbocycles. The van der Waals surface area contributed by atoms with Gasteiger partial charge in [0, 0.05) is 5.56 Å². The zero-order valence-corrected chi connectivity index (χ0v) is 11.8. The molecule has 0 aromatic heterocycles. The van der Waals surface area contributed by atoms with Crippen LogP contribution >= 0.6 is 11.8 Å². The van der Waals surface area contributed by atoms with Gasteiger partial charge < -0.3 is 4.74 Å². The van der Waals surface area contributed by atoms with Gasteiger partial charge in [-0.25, -0.2) is 0 Å². The van der Waals surface area contributed by atoms with Gasteiger partial charge in [-0.3, -0.25) is 4.79 Å². The van der Waals surface area contributed by atoms with E-state index in [1.54, 1.807) is 18.9 Å². The van der Waals surface area contributed by atoms with E-state index in [-0.39, 0.29) is 5.78 Å². The summed E-state index contributed by atoms with van der Waals surface area (Å²) in [6.07, 6.45) is 0.877. The van der Waals surface area contributed by atoms with Crippen LogP contribution in [0.2, 0.25) is 0 Å². The first-order valence-corrected chi connectivity index (χ1v) is 6.95. The minimum atomic E-state index is 0.195. The third-order valence-corrected chi connectivity index (χ3v) is 3.63. The molecule has 17 heavy (non-hydrogen) atoms. The Labute approximate surface area is 108 Å². The average Bonchev–Trinajstić information content (AvgIpc) is 2.34. The summed E-state index contributed by atoms with van der Waals surface area (Å²) in [5.74, 6) is 1.61. The van der Waals surface area contributed by atoms with E-state index in [0.29, 0.717) is 11.0 Å². The molecule has 0 atom stereocenters. The van der Waals surface area contributed by atoms with Gasteiger partial charge in [-0.1, -0.05) is 20.8 Å². The van der Waals surface area contributed by atoms with Gasteiger partial charge in [0.25, 0.3) is 0 Å². The smallest absolute Gasteiger partial charge is 0.172 e. The van der Waals surface area contributed by atoms with Gasteiger partial charge in [0.05, 0.1) is 12.9 Å². The van der Waals surface area contributed by atoms with Crippen LogP contribution in [-0.4, -0.2) is 23.9 Å². The molecule has 1 rings (SSSR count). The largest absolute Gasteiger partial charge is 0.496 e. The van der Waals surface area contributed by atoms with Crippen molar-refractivity contribution in [2.45, 2.75) is 32.4 Å². The number of benzene rings is 1. The zero-order chi connectivity index (χ0) is 12.8. The van der Waals surface area contributed by atoms with Crippen molar-refractivity contribution in [1.29, 1.82) is 0 Å². The molecule has 0 aliphatic rings. The highest BCUT2D eigenvalue weighted by molar-refractivity contribution is 8.00. The lowest BCUT2D eigenvalue weighted by Crippen LogP contribution is -2.06. The molecular formula is C14H20O2S. The molecule has 0 unspecified atom stereocenters. The molecule has 1 aromatic rings. The van der Waals surface area contributed by atoms with Crippen LogP contribution in [0.4, 0.5) is 0 Å².